The van der Waals surface area contributed by atoms with E-state index in [9.17, 15) is 9.59 Å². The Morgan fingerprint density at radius 3 is 2.34 bits per heavy atom. The summed E-state index contributed by atoms with van der Waals surface area (Å²) in [6.07, 6.45) is 7.47. The summed E-state index contributed by atoms with van der Waals surface area (Å²) in [5.74, 6) is 1.72. The van der Waals surface area contributed by atoms with Gasteiger partial charge in [0.25, 0.3) is 17.3 Å². The normalized spacial score (nSPS) is 26.7. The predicted octanol–water partition coefficient (Wildman–Crippen LogP) is 4.98. The highest BCUT2D eigenvalue weighted by atomic mass is 16.7. The standard InChI is InChI=1S/C31H41N3O4/c1-17-15-18(2)32-29(35)24(17)16-34-14-13-23-25(30(34)36)19(3)27-28(26(23)20-7-8-20)38-31(4,37-27)21-9-11-22(12-10-21)33(5)6/h15,20-22H,7-14,16H2,1-6H3,(H,32,35). The summed E-state index contributed by atoms with van der Waals surface area (Å²) in [5.41, 5.74) is 6.31. The lowest BCUT2D eigenvalue weighted by molar-refractivity contribution is -0.123. The lowest BCUT2D eigenvalue weighted by Gasteiger charge is -2.39. The number of pyridine rings is 1. The molecule has 0 spiro atoms. The summed E-state index contributed by atoms with van der Waals surface area (Å²) < 4.78 is 13.5. The summed E-state index contributed by atoms with van der Waals surface area (Å²) in [5, 5.41) is 0. The van der Waals surface area contributed by atoms with Gasteiger partial charge in [0.05, 0.1) is 6.54 Å². The number of hydrogen-bond acceptors (Lipinski definition) is 5. The maximum Gasteiger partial charge on any atom is 0.254 e. The number of benzene rings is 1. The summed E-state index contributed by atoms with van der Waals surface area (Å²) in [6.45, 7) is 8.86. The van der Waals surface area contributed by atoms with Crippen molar-refractivity contribution in [2.45, 2.75) is 96.9 Å². The van der Waals surface area contributed by atoms with Gasteiger partial charge < -0.3 is 24.3 Å². The van der Waals surface area contributed by atoms with E-state index < -0.39 is 5.79 Å². The van der Waals surface area contributed by atoms with E-state index >= 15 is 0 Å². The Morgan fingerprint density at radius 2 is 1.71 bits per heavy atom. The zero-order valence-corrected chi connectivity index (χ0v) is 23.7. The van der Waals surface area contributed by atoms with Crippen molar-refractivity contribution in [3.63, 3.8) is 0 Å². The molecular formula is C31H41N3O4. The second-order valence-electron chi connectivity index (χ2n) is 12.4. The Hall–Kier alpha value is -2.80. The molecule has 2 aromatic rings. The number of rotatable bonds is 5. The number of H-pyrrole nitrogens is 1. The molecule has 2 saturated carbocycles. The molecule has 1 aromatic heterocycles. The minimum atomic E-state index is -0.701. The zero-order valence-electron chi connectivity index (χ0n) is 23.7. The minimum Gasteiger partial charge on any atom is -0.448 e. The molecule has 3 heterocycles. The molecule has 1 N–H and O–H groups in total. The average molecular weight is 520 g/mol. The molecule has 1 amide bonds. The van der Waals surface area contributed by atoms with E-state index in [2.05, 4.69) is 30.9 Å². The maximum atomic E-state index is 14.0. The fourth-order valence-electron chi connectivity index (χ4n) is 7.12. The topological polar surface area (TPSA) is 74.9 Å². The Balaban J connectivity index is 1.33. The molecule has 38 heavy (non-hydrogen) atoms. The van der Waals surface area contributed by atoms with Crippen LogP contribution in [-0.2, 0) is 13.0 Å². The molecule has 7 heteroatoms. The summed E-state index contributed by atoms with van der Waals surface area (Å²) in [6, 6.07) is 2.59. The number of fused-ring (bicyclic) bond motifs is 2. The number of aromatic amines is 1. The molecule has 1 atom stereocenters. The molecule has 7 nitrogen and oxygen atoms in total. The Kier molecular flexibility index (Phi) is 6.13. The molecule has 6 rings (SSSR count). The first-order valence-electron chi connectivity index (χ1n) is 14.3. The van der Waals surface area contributed by atoms with Gasteiger partial charge in [-0.25, -0.2) is 0 Å². The molecule has 0 bridgehead atoms. The van der Waals surface area contributed by atoms with Crippen LogP contribution in [0.4, 0.5) is 0 Å². The maximum absolute atomic E-state index is 14.0. The average Bonchev–Trinajstić information content (AvgIpc) is 3.63. The SMILES string of the molecule is Cc1cc(C)c(CN2CCc3c(c(C)c4c(c3C3CC3)OC(C)(C3CCC(N(C)C)CC3)O4)C2=O)c(=O)[nH]1. The molecule has 1 unspecified atom stereocenters. The van der Waals surface area contributed by atoms with Crippen molar-refractivity contribution in [3.8, 4) is 11.5 Å². The van der Waals surface area contributed by atoms with Gasteiger partial charge in [0.2, 0.25) is 0 Å². The number of hydrogen-bond donors (Lipinski definition) is 1. The van der Waals surface area contributed by atoms with Crippen molar-refractivity contribution in [1.29, 1.82) is 0 Å². The first kappa shape index (κ1) is 25.5. The second kappa shape index (κ2) is 9.15. The first-order chi connectivity index (χ1) is 18.1. The number of ether oxygens (including phenoxy) is 2. The van der Waals surface area contributed by atoms with Crippen LogP contribution >= 0.6 is 0 Å². The fraction of sp³-hybridized carbons (Fsp3) is 0.613. The van der Waals surface area contributed by atoms with Gasteiger partial charge in [0, 0.05) is 53.4 Å². The van der Waals surface area contributed by atoms with Crippen molar-refractivity contribution >= 4 is 5.91 Å². The van der Waals surface area contributed by atoms with E-state index in [0.717, 1.165) is 84.4 Å². The highest BCUT2D eigenvalue weighted by Gasteiger charge is 2.50. The summed E-state index contributed by atoms with van der Waals surface area (Å²) >= 11 is 0. The van der Waals surface area contributed by atoms with Crippen molar-refractivity contribution < 1.29 is 14.3 Å². The monoisotopic (exact) mass is 519 g/mol. The highest BCUT2D eigenvalue weighted by Crippen LogP contribution is 2.57. The van der Waals surface area contributed by atoms with Crippen molar-refractivity contribution in [2.75, 3.05) is 20.6 Å². The van der Waals surface area contributed by atoms with E-state index in [-0.39, 0.29) is 11.5 Å². The highest BCUT2D eigenvalue weighted by molar-refractivity contribution is 6.00. The molecular weight excluding hydrogens is 478 g/mol. The second-order valence-corrected chi connectivity index (χ2v) is 12.4. The van der Waals surface area contributed by atoms with Crippen LogP contribution in [0.5, 0.6) is 11.5 Å². The largest absolute Gasteiger partial charge is 0.448 e. The molecule has 0 radical (unpaired) electrons. The predicted molar refractivity (Wildman–Crippen MR) is 147 cm³/mol. The van der Waals surface area contributed by atoms with Crippen molar-refractivity contribution in [3.05, 3.63) is 55.5 Å². The van der Waals surface area contributed by atoms with Crippen LogP contribution in [0, 0.1) is 26.7 Å². The number of carbonyl (C=O) groups excluding carboxylic acids is 1. The molecule has 1 aromatic carbocycles. The van der Waals surface area contributed by atoms with E-state index in [1.165, 1.54) is 5.56 Å². The van der Waals surface area contributed by atoms with Gasteiger partial charge in [-0.3, -0.25) is 9.59 Å². The number of nitrogens with zero attached hydrogens (tertiary/aromatic N) is 2. The minimum absolute atomic E-state index is 0.00322. The van der Waals surface area contributed by atoms with Gasteiger partial charge in [0.1, 0.15) is 0 Å². The molecule has 4 aliphatic rings. The van der Waals surface area contributed by atoms with Crippen LogP contribution in [-0.4, -0.2) is 53.2 Å². The lowest BCUT2D eigenvalue weighted by Crippen LogP contribution is -2.46. The number of aromatic nitrogens is 1. The van der Waals surface area contributed by atoms with Gasteiger partial charge in [-0.2, -0.15) is 0 Å². The van der Waals surface area contributed by atoms with E-state index in [4.69, 9.17) is 9.47 Å². The van der Waals surface area contributed by atoms with Crippen molar-refractivity contribution in [2.24, 2.45) is 5.92 Å². The fourth-order valence-corrected chi connectivity index (χ4v) is 7.12. The van der Waals surface area contributed by atoms with Crippen LogP contribution < -0.4 is 15.0 Å². The van der Waals surface area contributed by atoms with Gasteiger partial charge in [0.15, 0.2) is 11.5 Å². The van der Waals surface area contributed by atoms with Crippen LogP contribution in [0.25, 0.3) is 0 Å². The van der Waals surface area contributed by atoms with E-state index in [1.54, 1.807) is 0 Å². The first-order valence-corrected chi connectivity index (χ1v) is 14.3. The number of nitrogens with one attached hydrogen (secondary N) is 1. The van der Waals surface area contributed by atoms with Gasteiger partial charge >= 0.3 is 0 Å². The Bertz CT molecular complexity index is 1350. The summed E-state index contributed by atoms with van der Waals surface area (Å²) in [4.78, 5) is 33.8. The van der Waals surface area contributed by atoms with Crippen LogP contribution in [0.15, 0.2) is 10.9 Å². The van der Waals surface area contributed by atoms with E-state index in [0.29, 0.717) is 36.5 Å². The quantitative estimate of drug-likeness (QED) is 0.603. The van der Waals surface area contributed by atoms with Gasteiger partial charge in [-0.05, 0) is 103 Å². The molecule has 2 aliphatic heterocycles. The third-order valence-corrected chi connectivity index (χ3v) is 9.53. The van der Waals surface area contributed by atoms with Crippen molar-refractivity contribution in [1.82, 2.24) is 14.8 Å². The van der Waals surface area contributed by atoms with Crippen LogP contribution in [0.2, 0.25) is 0 Å². The van der Waals surface area contributed by atoms with Gasteiger partial charge in [-0.15, -0.1) is 0 Å². The molecule has 2 aliphatic carbocycles. The third-order valence-electron chi connectivity index (χ3n) is 9.53. The number of amides is 1. The Labute approximate surface area is 225 Å². The molecule has 0 saturated heterocycles. The van der Waals surface area contributed by atoms with Crippen LogP contribution in [0.1, 0.15) is 95.2 Å². The lowest BCUT2D eigenvalue weighted by atomic mass is 9.81. The Morgan fingerprint density at radius 1 is 1.03 bits per heavy atom. The smallest absolute Gasteiger partial charge is 0.254 e. The number of carbonyl (C=O) groups is 1. The number of aryl methyl sites for hydroxylation is 2. The summed E-state index contributed by atoms with van der Waals surface area (Å²) in [7, 11) is 4.33. The third kappa shape index (κ3) is 4.14. The van der Waals surface area contributed by atoms with E-state index in [1.807, 2.05) is 31.7 Å². The molecule has 204 valence electrons. The van der Waals surface area contributed by atoms with Crippen LogP contribution in [0.3, 0.4) is 0 Å². The van der Waals surface area contributed by atoms with Gasteiger partial charge in [-0.1, -0.05) is 0 Å². The molecule has 2 fully saturated rings. The zero-order chi connectivity index (χ0) is 26.9.